The van der Waals surface area contributed by atoms with E-state index in [1.165, 1.54) is 0 Å². The number of benzene rings is 1. The fourth-order valence-corrected chi connectivity index (χ4v) is 2.55. The molecule has 0 saturated heterocycles. The molecular formula is C17H18N2O3S. The van der Waals surface area contributed by atoms with E-state index >= 15 is 0 Å². The van der Waals surface area contributed by atoms with E-state index in [0.29, 0.717) is 36.0 Å². The normalized spacial score (nSPS) is 10.0. The van der Waals surface area contributed by atoms with Gasteiger partial charge in [-0.3, -0.25) is 9.78 Å². The Balaban J connectivity index is 2.37. The molecule has 0 radical (unpaired) electrons. The maximum absolute atomic E-state index is 10.6. The summed E-state index contributed by atoms with van der Waals surface area (Å²) < 4.78 is 10.3. The summed E-state index contributed by atoms with van der Waals surface area (Å²) in [6, 6.07) is 9.30. The van der Waals surface area contributed by atoms with Crippen LogP contribution in [0.15, 0.2) is 36.5 Å². The summed E-state index contributed by atoms with van der Waals surface area (Å²) in [5.74, 6) is 0.456. The Bertz CT molecular complexity index is 704. The van der Waals surface area contributed by atoms with E-state index in [4.69, 9.17) is 21.7 Å². The van der Waals surface area contributed by atoms with Crippen LogP contribution in [0.3, 0.4) is 0 Å². The number of carbonyl (C=O) groups excluding carboxylic acids is 1. The lowest BCUT2D eigenvalue weighted by atomic mass is 10.1. The van der Waals surface area contributed by atoms with Crippen molar-refractivity contribution in [1.29, 1.82) is 0 Å². The standard InChI is InChI=1S/C17H18N2O3S/c1-3-21-16(23)10-12-7-8-19-14(9-12)13-5-4-6-15(22-11-20)17(13)18-2/h4-9,11,18H,3,10H2,1-2H3. The van der Waals surface area contributed by atoms with Gasteiger partial charge in [-0.15, -0.1) is 0 Å². The molecule has 23 heavy (non-hydrogen) atoms. The number of nitrogens with one attached hydrogen (secondary N) is 1. The quantitative estimate of drug-likeness (QED) is 0.621. The second-order valence-electron chi connectivity index (χ2n) is 4.67. The highest BCUT2D eigenvalue weighted by Gasteiger charge is 2.12. The van der Waals surface area contributed by atoms with Gasteiger partial charge in [0.15, 0.2) is 10.8 Å². The predicted octanol–water partition coefficient (Wildman–Crippen LogP) is 3.23. The topological polar surface area (TPSA) is 60.5 Å². The minimum absolute atomic E-state index is 0.407. The maximum atomic E-state index is 10.6. The molecule has 0 bridgehead atoms. The van der Waals surface area contributed by atoms with Crippen molar-refractivity contribution in [3.63, 3.8) is 0 Å². The van der Waals surface area contributed by atoms with Crippen LogP contribution in [0.5, 0.6) is 5.75 Å². The van der Waals surface area contributed by atoms with E-state index in [1.54, 1.807) is 19.3 Å². The molecule has 0 fully saturated rings. The van der Waals surface area contributed by atoms with E-state index in [1.807, 2.05) is 31.2 Å². The van der Waals surface area contributed by atoms with E-state index in [0.717, 1.165) is 16.8 Å². The lowest BCUT2D eigenvalue weighted by molar-refractivity contribution is -0.120. The number of hydrogen-bond acceptors (Lipinski definition) is 6. The second-order valence-corrected chi connectivity index (χ2v) is 5.13. The number of para-hydroxylation sites is 1. The molecule has 1 aromatic heterocycles. The Labute approximate surface area is 140 Å². The number of aromatic nitrogens is 1. The van der Waals surface area contributed by atoms with Gasteiger partial charge >= 0.3 is 0 Å². The van der Waals surface area contributed by atoms with Gasteiger partial charge in [0.05, 0.1) is 18.0 Å². The largest absolute Gasteiger partial charge is 0.487 e. The third-order valence-electron chi connectivity index (χ3n) is 3.21. The van der Waals surface area contributed by atoms with Crippen molar-refractivity contribution in [2.75, 3.05) is 19.0 Å². The van der Waals surface area contributed by atoms with Crippen molar-refractivity contribution in [2.45, 2.75) is 13.3 Å². The number of carbonyl (C=O) groups is 1. The lowest BCUT2D eigenvalue weighted by Gasteiger charge is -2.13. The molecule has 0 aliphatic rings. The van der Waals surface area contributed by atoms with Gasteiger partial charge in [-0.05, 0) is 42.9 Å². The zero-order valence-corrected chi connectivity index (χ0v) is 13.9. The highest BCUT2D eigenvalue weighted by molar-refractivity contribution is 7.80. The highest BCUT2D eigenvalue weighted by atomic mass is 32.1. The SMILES string of the molecule is CCOC(=S)Cc1ccnc(-c2cccc(OC=O)c2NC)c1. The molecule has 0 aliphatic heterocycles. The first-order valence-electron chi connectivity index (χ1n) is 7.21. The Hall–Kier alpha value is -2.47. The molecule has 1 aromatic carbocycles. The van der Waals surface area contributed by atoms with Gasteiger partial charge in [-0.2, -0.15) is 0 Å². The van der Waals surface area contributed by atoms with Crippen molar-refractivity contribution in [1.82, 2.24) is 4.98 Å². The number of ether oxygens (including phenoxy) is 2. The average molecular weight is 330 g/mol. The van der Waals surface area contributed by atoms with Gasteiger partial charge in [-0.1, -0.05) is 12.1 Å². The van der Waals surface area contributed by atoms with Crippen molar-refractivity contribution in [3.05, 3.63) is 42.1 Å². The van der Waals surface area contributed by atoms with Crippen molar-refractivity contribution < 1.29 is 14.3 Å². The summed E-state index contributed by atoms with van der Waals surface area (Å²) in [5.41, 5.74) is 3.33. The first-order valence-corrected chi connectivity index (χ1v) is 7.62. The van der Waals surface area contributed by atoms with Crippen LogP contribution in [-0.2, 0) is 16.0 Å². The average Bonchev–Trinajstić information content (AvgIpc) is 2.55. The predicted molar refractivity (Wildman–Crippen MR) is 93.8 cm³/mol. The third-order valence-corrected chi connectivity index (χ3v) is 3.47. The van der Waals surface area contributed by atoms with Gasteiger partial charge in [-0.25, -0.2) is 0 Å². The van der Waals surface area contributed by atoms with Gasteiger partial charge < -0.3 is 14.8 Å². The van der Waals surface area contributed by atoms with Crippen molar-refractivity contribution in [2.24, 2.45) is 0 Å². The van der Waals surface area contributed by atoms with Crippen LogP contribution < -0.4 is 10.1 Å². The molecule has 5 nitrogen and oxygen atoms in total. The first-order chi connectivity index (χ1) is 11.2. The fourth-order valence-electron chi connectivity index (χ4n) is 2.26. The van der Waals surface area contributed by atoms with Gasteiger partial charge in [0.25, 0.3) is 6.47 Å². The molecule has 1 N–H and O–H groups in total. The molecule has 0 saturated carbocycles. The molecule has 0 aliphatic carbocycles. The minimum Gasteiger partial charge on any atom is -0.487 e. The Morgan fingerprint density at radius 1 is 1.39 bits per heavy atom. The Morgan fingerprint density at radius 2 is 2.22 bits per heavy atom. The second kappa shape index (κ2) is 8.24. The number of hydrogen-bond donors (Lipinski definition) is 1. The molecular weight excluding hydrogens is 312 g/mol. The summed E-state index contributed by atoms with van der Waals surface area (Å²) in [6.45, 7) is 2.87. The van der Waals surface area contributed by atoms with Crippen LogP contribution in [0.25, 0.3) is 11.3 Å². The zero-order valence-electron chi connectivity index (χ0n) is 13.0. The number of thiocarbonyl (C=S) groups is 1. The summed E-state index contributed by atoms with van der Waals surface area (Å²) in [7, 11) is 1.77. The Morgan fingerprint density at radius 3 is 2.91 bits per heavy atom. The van der Waals surface area contributed by atoms with Crippen LogP contribution in [-0.4, -0.2) is 30.2 Å². The van der Waals surface area contributed by atoms with Crippen molar-refractivity contribution in [3.8, 4) is 17.0 Å². The van der Waals surface area contributed by atoms with E-state index in [9.17, 15) is 4.79 Å². The van der Waals surface area contributed by atoms with Gasteiger partial charge in [0.2, 0.25) is 0 Å². The molecule has 0 atom stereocenters. The molecule has 0 unspecified atom stereocenters. The minimum atomic E-state index is 0.407. The zero-order chi connectivity index (χ0) is 16.7. The van der Waals surface area contributed by atoms with Crippen LogP contribution in [0, 0.1) is 0 Å². The van der Waals surface area contributed by atoms with E-state index < -0.39 is 0 Å². The molecule has 2 aromatic rings. The number of pyridine rings is 1. The molecule has 0 spiro atoms. The fraction of sp³-hybridized carbons (Fsp3) is 0.235. The number of anilines is 1. The van der Waals surface area contributed by atoms with E-state index in [2.05, 4.69) is 10.3 Å². The molecule has 120 valence electrons. The van der Waals surface area contributed by atoms with Crippen molar-refractivity contribution >= 4 is 29.4 Å². The summed E-state index contributed by atoms with van der Waals surface area (Å²) in [6.07, 6.45) is 2.28. The molecule has 2 rings (SSSR count). The summed E-state index contributed by atoms with van der Waals surface area (Å²) in [4.78, 5) is 15.0. The molecule has 1 heterocycles. The lowest BCUT2D eigenvalue weighted by Crippen LogP contribution is -2.05. The van der Waals surface area contributed by atoms with Crippen LogP contribution in [0.1, 0.15) is 12.5 Å². The molecule has 6 heteroatoms. The maximum Gasteiger partial charge on any atom is 0.298 e. The van der Waals surface area contributed by atoms with Crippen LogP contribution in [0.2, 0.25) is 0 Å². The Kier molecular flexibility index (Phi) is 6.05. The third kappa shape index (κ3) is 4.26. The number of rotatable bonds is 7. The van der Waals surface area contributed by atoms with Crippen LogP contribution >= 0.6 is 12.2 Å². The van der Waals surface area contributed by atoms with Gasteiger partial charge in [0, 0.05) is 25.2 Å². The summed E-state index contributed by atoms with van der Waals surface area (Å²) in [5, 5.41) is 3.61. The van der Waals surface area contributed by atoms with Gasteiger partial charge in [0.1, 0.15) is 0 Å². The molecule has 0 amide bonds. The first kappa shape index (κ1) is 16.9. The van der Waals surface area contributed by atoms with E-state index in [-0.39, 0.29) is 0 Å². The highest BCUT2D eigenvalue weighted by Crippen LogP contribution is 2.34. The smallest absolute Gasteiger partial charge is 0.298 e. The monoisotopic (exact) mass is 330 g/mol. The van der Waals surface area contributed by atoms with Crippen LogP contribution in [0.4, 0.5) is 5.69 Å². The summed E-state index contributed by atoms with van der Waals surface area (Å²) >= 11 is 5.19. The number of nitrogens with zero attached hydrogens (tertiary/aromatic N) is 1.